The van der Waals surface area contributed by atoms with E-state index in [-0.39, 0.29) is 6.04 Å². The SMILES string of the molecule is CCc1cccnc1C(NC)c1ccc(Cl)s1. The molecule has 0 aliphatic heterocycles. The van der Waals surface area contributed by atoms with Crippen molar-refractivity contribution in [3.63, 3.8) is 0 Å². The van der Waals surface area contributed by atoms with Crippen molar-refractivity contribution in [1.29, 1.82) is 0 Å². The molecular weight excluding hydrogens is 252 g/mol. The van der Waals surface area contributed by atoms with E-state index in [1.807, 2.05) is 25.4 Å². The average Bonchev–Trinajstić information content (AvgIpc) is 2.77. The van der Waals surface area contributed by atoms with Crippen LogP contribution in [0.2, 0.25) is 4.34 Å². The first-order chi connectivity index (χ1) is 8.26. The minimum Gasteiger partial charge on any atom is -0.307 e. The Balaban J connectivity index is 2.41. The van der Waals surface area contributed by atoms with Crippen molar-refractivity contribution in [2.75, 3.05) is 7.05 Å². The lowest BCUT2D eigenvalue weighted by molar-refractivity contribution is 0.673. The predicted octanol–water partition coefficient (Wildman–Crippen LogP) is 3.67. The number of nitrogens with one attached hydrogen (secondary N) is 1. The molecule has 0 saturated carbocycles. The second-order valence-electron chi connectivity index (χ2n) is 3.76. The molecule has 0 aliphatic rings. The van der Waals surface area contributed by atoms with E-state index in [4.69, 9.17) is 11.6 Å². The molecule has 2 nitrogen and oxygen atoms in total. The van der Waals surface area contributed by atoms with Crippen LogP contribution >= 0.6 is 22.9 Å². The van der Waals surface area contributed by atoms with Gasteiger partial charge in [-0.3, -0.25) is 4.98 Å². The molecule has 0 aromatic carbocycles. The summed E-state index contributed by atoms with van der Waals surface area (Å²) < 4.78 is 0.814. The van der Waals surface area contributed by atoms with Crippen LogP contribution in [-0.4, -0.2) is 12.0 Å². The highest BCUT2D eigenvalue weighted by Gasteiger charge is 2.17. The number of hydrogen-bond donors (Lipinski definition) is 1. The van der Waals surface area contributed by atoms with Gasteiger partial charge in [0.15, 0.2) is 0 Å². The van der Waals surface area contributed by atoms with Crippen molar-refractivity contribution >= 4 is 22.9 Å². The second kappa shape index (κ2) is 5.63. The molecule has 90 valence electrons. The number of thiophene rings is 1. The van der Waals surface area contributed by atoms with Gasteiger partial charge in [0.05, 0.1) is 16.1 Å². The number of rotatable bonds is 4. The topological polar surface area (TPSA) is 24.9 Å². The van der Waals surface area contributed by atoms with Crippen LogP contribution in [0.1, 0.15) is 29.1 Å². The normalized spacial score (nSPS) is 12.6. The third-order valence-electron chi connectivity index (χ3n) is 2.75. The summed E-state index contributed by atoms with van der Waals surface area (Å²) in [6.07, 6.45) is 2.83. The van der Waals surface area contributed by atoms with E-state index in [1.54, 1.807) is 11.3 Å². The minimum absolute atomic E-state index is 0.128. The Kier molecular flexibility index (Phi) is 4.15. The molecule has 0 bridgehead atoms. The number of nitrogens with zero attached hydrogens (tertiary/aromatic N) is 1. The quantitative estimate of drug-likeness (QED) is 0.913. The minimum atomic E-state index is 0.128. The summed E-state index contributed by atoms with van der Waals surface area (Å²) in [4.78, 5) is 5.71. The standard InChI is InChI=1S/C13H15ClN2S/c1-3-9-5-4-8-16-12(9)13(15-2)10-6-7-11(14)17-10/h4-8,13,15H,3H2,1-2H3. The maximum atomic E-state index is 5.99. The number of aromatic nitrogens is 1. The Morgan fingerprint density at radius 3 is 2.82 bits per heavy atom. The van der Waals surface area contributed by atoms with Gasteiger partial charge in [0, 0.05) is 11.1 Å². The van der Waals surface area contributed by atoms with Gasteiger partial charge in [0.2, 0.25) is 0 Å². The van der Waals surface area contributed by atoms with Gasteiger partial charge in [0.1, 0.15) is 0 Å². The number of halogens is 1. The van der Waals surface area contributed by atoms with E-state index in [2.05, 4.69) is 29.4 Å². The predicted molar refractivity (Wildman–Crippen MR) is 73.8 cm³/mol. The van der Waals surface area contributed by atoms with Gasteiger partial charge in [0.25, 0.3) is 0 Å². The first-order valence-electron chi connectivity index (χ1n) is 5.62. The molecule has 4 heteroatoms. The van der Waals surface area contributed by atoms with Crippen LogP contribution < -0.4 is 5.32 Å². The number of aryl methyl sites for hydroxylation is 1. The van der Waals surface area contributed by atoms with E-state index in [0.29, 0.717) is 0 Å². The van der Waals surface area contributed by atoms with Gasteiger partial charge in [-0.15, -0.1) is 11.3 Å². The Labute approximate surface area is 111 Å². The summed E-state index contributed by atoms with van der Waals surface area (Å²) in [6.45, 7) is 2.15. The molecule has 1 unspecified atom stereocenters. The summed E-state index contributed by atoms with van der Waals surface area (Å²) in [5, 5.41) is 3.31. The highest BCUT2D eigenvalue weighted by molar-refractivity contribution is 7.16. The molecule has 0 saturated heterocycles. The van der Waals surface area contributed by atoms with Crippen LogP contribution in [0.5, 0.6) is 0 Å². The zero-order valence-electron chi connectivity index (χ0n) is 9.90. The monoisotopic (exact) mass is 266 g/mol. The number of pyridine rings is 1. The van der Waals surface area contributed by atoms with Crippen LogP contribution in [0.3, 0.4) is 0 Å². The lowest BCUT2D eigenvalue weighted by Gasteiger charge is -2.16. The molecule has 0 radical (unpaired) electrons. The fourth-order valence-electron chi connectivity index (χ4n) is 1.91. The van der Waals surface area contributed by atoms with Crippen molar-refractivity contribution in [3.05, 3.63) is 50.9 Å². The highest BCUT2D eigenvalue weighted by Crippen LogP contribution is 2.31. The third kappa shape index (κ3) is 2.68. The van der Waals surface area contributed by atoms with E-state index < -0.39 is 0 Å². The summed E-state index contributed by atoms with van der Waals surface area (Å²) in [6, 6.07) is 8.23. The maximum absolute atomic E-state index is 5.99. The summed E-state index contributed by atoms with van der Waals surface area (Å²) in [5.74, 6) is 0. The third-order valence-corrected chi connectivity index (χ3v) is 4.04. The van der Waals surface area contributed by atoms with Gasteiger partial charge in [-0.05, 0) is 37.2 Å². The van der Waals surface area contributed by atoms with Crippen LogP contribution in [0.4, 0.5) is 0 Å². The van der Waals surface area contributed by atoms with Crippen LogP contribution in [0.25, 0.3) is 0 Å². The molecule has 0 amide bonds. The van der Waals surface area contributed by atoms with Crippen molar-refractivity contribution in [1.82, 2.24) is 10.3 Å². The van der Waals surface area contributed by atoms with Gasteiger partial charge in [-0.25, -0.2) is 0 Å². The lowest BCUT2D eigenvalue weighted by Crippen LogP contribution is -2.19. The lowest BCUT2D eigenvalue weighted by atomic mass is 10.0. The molecule has 0 fully saturated rings. The molecular formula is C13H15ClN2S. The number of hydrogen-bond acceptors (Lipinski definition) is 3. The molecule has 1 atom stereocenters. The van der Waals surface area contributed by atoms with Crippen LogP contribution in [-0.2, 0) is 6.42 Å². The zero-order valence-corrected chi connectivity index (χ0v) is 11.5. The fraction of sp³-hybridized carbons (Fsp3) is 0.308. The molecule has 1 N–H and O–H groups in total. The van der Waals surface area contributed by atoms with E-state index in [1.165, 1.54) is 10.4 Å². The summed E-state index contributed by atoms with van der Waals surface area (Å²) >= 11 is 7.59. The molecule has 0 aliphatic carbocycles. The summed E-state index contributed by atoms with van der Waals surface area (Å²) in [5.41, 5.74) is 2.37. The van der Waals surface area contributed by atoms with E-state index in [0.717, 1.165) is 16.5 Å². The molecule has 2 aromatic rings. The van der Waals surface area contributed by atoms with E-state index >= 15 is 0 Å². The Bertz CT molecular complexity index is 496. The summed E-state index contributed by atoms with van der Waals surface area (Å²) in [7, 11) is 1.95. The van der Waals surface area contributed by atoms with Crippen molar-refractivity contribution < 1.29 is 0 Å². The van der Waals surface area contributed by atoms with Crippen LogP contribution in [0, 0.1) is 0 Å². The zero-order chi connectivity index (χ0) is 12.3. The first kappa shape index (κ1) is 12.6. The van der Waals surface area contributed by atoms with Gasteiger partial charge >= 0.3 is 0 Å². The van der Waals surface area contributed by atoms with Crippen molar-refractivity contribution in [2.24, 2.45) is 0 Å². The first-order valence-corrected chi connectivity index (χ1v) is 6.82. The van der Waals surface area contributed by atoms with Gasteiger partial charge in [-0.1, -0.05) is 24.6 Å². The Hall–Kier alpha value is -0.900. The molecule has 0 spiro atoms. The molecule has 2 aromatic heterocycles. The molecule has 17 heavy (non-hydrogen) atoms. The van der Waals surface area contributed by atoms with Crippen molar-refractivity contribution in [3.8, 4) is 0 Å². The van der Waals surface area contributed by atoms with Gasteiger partial charge in [-0.2, -0.15) is 0 Å². The second-order valence-corrected chi connectivity index (χ2v) is 5.51. The maximum Gasteiger partial charge on any atom is 0.0931 e. The van der Waals surface area contributed by atoms with Gasteiger partial charge < -0.3 is 5.32 Å². The van der Waals surface area contributed by atoms with Crippen molar-refractivity contribution in [2.45, 2.75) is 19.4 Å². The fourth-order valence-corrected chi connectivity index (χ4v) is 3.08. The van der Waals surface area contributed by atoms with E-state index in [9.17, 15) is 0 Å². The van der Waals surface area contributed by atoms with Crippen LogP contribution in [0.15, 0.2) is 30.5 Å². The largest absolute Gasteiger partial charge is 0.307 e. The Morgan fingerprint density at radius 2 is 2.24 bits per heavy atom. The highest BCUT2D eigenvalue weighted by atomic mass is 35.5. The molecule has 2 rings (SSSR count). The average molecular weight is 267 g/mol. The Morgan fingerprint density at radius 1 is 1.41 bits per heavy atom. The smallest absolute Gasteiger partial charge is 0.0931 e. The molecule has 2 heterocycles.